The van der Waals surface area contributed by atoms with Gasteiger partial charge in [-0.05, 0) is 46.7 Å². The molecule has 0 amide bonds. The number of nitrogens with one attached hydrogen (secondary N) is 1. The van der Waals surface area contributed by atoms with Gasteiger partial charge in [-0.15, -0.1) is 4.68 Å². The molecule has 0 unspecified atom stereocenters. The lowest BCUT2D eigenvalue weighted by Gasteiger charge is -2.24. The Labute approximate surface area is 183 Å². The predicted octanol–water partition coefficient (Wildman–Crippen LogP) is 2.00. The van der Waals surface area contributed by atoms with Crippen LogP contribution in [0.2, 0.25) is 0 Å². The second-order valence-electron chi connectivity index (χ2n) is 9.01. The number of aromatic nitrogens is 4. The van der Waals surface area contributed by atoms with Gasteiger partial charge in [-0.25, -0.2) is 4.79 Å². The van der Waals surface area contributed by atoms with Gasteiger partial charge in [0.2, 0.25) is 0 Å². The molecular formula is C21H36N8O2. The van der Waals surface area contributed by atoms with Gasteiger partial charge in [0, 0.05) is 37.3 Å². The molecule has 2 aliphatic heterocycles. The van der Waals surface area contributed by atoms with Crippen LogP contribution in [0.1, 0.15) is 57.1 Å². The second kappa shape index (κ2) is 9.27. The van der Waals surface area contributed by atoms with Gasteiger partial charge in [-0.3, -0.25) is 14.9 Å². The normalized spacial score (nSPS) is 16.8. The molecule has 0 aromatic carbocycles. The number of nitrogens with zero attached hydrogens (tertiary/aromatic N) is 5. The molecule has 2 aliphatic rings. The first-order valence-corrected chi connectivity index (χ1v) is 11.0. The van der Waals surface area contributed by atoms with Crippen molar-refractivity contribution in [3.8, 4) is 0 Å². The van der Waals surface area contributed by atoms with Crippen LogP contribution >= 0.6 is 0 Å². The summed E-state index contributed by atoms with van der Waals surface area (Å²) in [6.45, 7) is 15.6. The Kier molecular flexibility index (Phi) is 6.90. The smallest absolute Gasteiger partial charge is 0.437 e. The van der Waals surface area contributed by atoms with Crippen molar-refractivity contribution in [1.82, 2.24) is 29.8 Å². The standard InChI is InChI=1S/C13H22N4O2.C8H14N4/c1-5-16-7-6-9-10(8-16)15-17(11(9)14)12(18)19-13(2,3)4;1-2-12-4-3-6-7(5-12)10-11-8(6)9/h5-8,14H2,1-4H3;2-5H2,1H3,(H3,9,10,11). The third kappa shape index (κ3) is 5.37. The molecule has 10 nitrogen and oxygen atoms in total. The van der Waals surface area contributed by atoms with E-state index in [-0.39, 0.29) is 0 Å². The van der Waals surface area contributed by atoms with Crippen molar-refractivity contribution < 1.29 is 9.53 Å². The Hall–Kier alpha value is -2.59. The maximum Gasteiger partial charge on any atom is 0.437 e. The van der Waals surface area contributed by atoms with Crippen LogP contribution in [-0.2, 0) is 30.7 Å². The lowest BCUT2D eigenvalue weighted by molar-refractivity contribution is 0.0517. The average molecular weight is 433 g/mol. The number of nitrogen functional groups attached to an aromatic ring is 2. The fraction of sp³-hybridized carbons (Fsp3) is 0.667. The number of rotatable bonds is 2. The number of nitrogens with two attached hydrogens (primary N) is 2. The van der Waals surface area contributed by atoms with E-state index in [9.17, 15) is 4.79 Å². The van der Waals surface area contributed by atoms with Crippen molar-refractivity contribution in [2.75, 3.05) is 37.6 Å². The highest BCUT2D eigenvalue weighted by molar-refractivity contribution is 5.75. The summed E-state index contributed by atoms with van der Waals surface area (Å²) in [7, 11) is 0. The number of H-pyrrole nitrogens is 1. The van der Waals surface area contributed by atoms with Gasteiger partial charge in [0.25, 0.3) is 0 Å². The number of hydrogen-bond donors (Lipinski definition) is 3. The quantitative estimate of drug-likeness (QED) is 0.657. The minimum Gasteiger partial charge on any atom is -0.442 e. The zero-order valence-corrected chi connectivity index (χ0v) is 19.4. The maximum absolute atomic E-state index is 12.0. The summed E-state index contributed by atoms with van der Waals surface area (Å²) in [6, 6.07) is 0. The number of hydrogen-bond acceptors (Lipinski definition) is 8. The van der Waals surface area contributed by atoms with Crippen LogP contribution in [-0.4, -0.2) is 67.7 Å². The highest BCUT2D eigenvalue weighted by Gasteiger charge is 2.27. The second-order valence-corrected chi connectivity index (χ2v) is 9.01. The first-order chi connectivity index (χ1) is 14.6. The molecular weight excluding hydrogens is 396 g/mol. The maximum atomic E-state index is 12.0. The van der Waals surface area contributed by atoms with Crippen molar-refractivity contribution in [2.45, 2.75) is 66.2 Å². The summed E-state index contributed by atoms with van der Waals surface area (Å²) in [6.07, 6.45) is 1.35. The molecule has 172 valence electrons. The third-order valence-electron chi connectivity index (χ3n) is 5.66. The van der Waals surface area contributed by atoms with Gasteiger partial charge in [0.15, 0.2) is 0 Å². The highest BCUT2D eigenvalue weighted by Crippen LogP contribution is 2.24. The summed E-state index contributed by atoms with van der Waals surface area (Å²) in [5.41, 5.74) is 15.4. The summed E-state index contributed by atoms with van der Waals surface area (Å²) in [5, 5.41) is 11.3. The summed E-state index contributed by atoms with van der Waals surface area (Å²) < 4.78 is 6.49. The number of carbonyl (C=O) groups is 1. The van der Waals surface area contributed by atoms with E-state index in [0.717, 1.165) is 63.4 Å². The van der Waals surface area contributed by atoms with E-state index in [0.29, 0.717) is 11.6 Å². The molecule has 0 radical (unpaired) electrons. The molecule has 2 aromatic heterocycles. The molecule has 0 aliphatic carbocycles. The largest absolute Gasteiger partial charge is 0.442 e. The molecule has 31 heavy (non-hydrogen) atoms. The van der Waals surface area contributed by atoms with E-state index in [1.165, 1.54) is 15.9 Å². The Morgan fingerprint density at radius 1 is 1.06 bits per heavy atom. The van der Waals surface area contributed by atoms with E-state index in [2.05, 4.69) is 38.9 Å². The van der Waals surface area contributed by atoms with E-state index in [1.54, 1.807) is 0 Å². The van der Waals surface area contributed by atoms with Gasteiger partial charge < -0.3 is 16.2 Å². The number of fused-ring (bicyclic) bond motifs is 2. The van der Waals surface area contributed by atoms with Gasteiger partial charge in [-0.1, -0.05) is 13.8 Å². The number of anilines is 2. The molecule has 4 heterocycles. The molecule has 0 bridgehead atoms. The molecule has 4 rings (SSSR count). The fourth-order valence-corrected chi connectivity index (χ4v) is 3.85. The van der Waals surface area contributed by atoms with E-state index < -0.39 is 11.7 Å². The average Bonchev–Trinajstić information content (AvgIpc) is 3.26. The summed E-state index contributed by atoms with van der Waals surface area (Å²) in [4.78, 5) is 16.7. The van der Waals surface area contributed by atoms with Crippen molar-refractivity contribution in [3.63, 3.8) is 0 Å². The molecule has 0 spiro atoms. The molecule has 0 saturated carbocycles. The topological polar surface area (TPSA) is 131 Å². The van der Waals surface area contributed by atoms with E-state index in [4.69, 9.17) is 16.2 Å². The van der Waals surface area contributed by atoms with Gasteiger partial charge in [-0.2, -0.15) is 10.2 Å². The number of ether oxygens (including phenoxy) is 1. The fourth-order valence-electron chi connectivity index (χ4n) is 3.85. The molecule has 0 saturated heterocycles. The number of carbonyl (C=O) groups excluding carboxylic acids is 1. The minimum absolute atomic E-state index is 0.417. The van der Waals surface area contributed by atoms with Crippen LogP contribution in [0.5, 0.6) is 0 Å². The van der Waals surface area contributed by atoms with Crippen molar-refractivity contribution in [2.24, 2.45) is 0 Å². The Bertz CT molecular complexity index is 911. The lowest BCUT2D eigenvalue weighted by Crippen LogP contribution is -2.30. The van der Waals surface area contributed by atoms with E-state index >= 15 is 0 Å². The summed E-state index contributed by atoms with van der Waals surface area (Å²) in [5.74, 6) is 1.10. The molecule has 10 heteroatoms. The van der Waals surface area contributed by atoms with Crippen LogP contribution in [0, 0.1) is 0 Å². The van der Waals surface area contributed by atoms with Crippen molar-refractivity contribution in [3.05, 3.63) is 22.5 Å². The van der Waals surface area contributed by atoms with Crippen LogP contribution in [0.15, 0.2) is 0 Å². The van der Waals surface area contributed by atoms with Crippen LogP contribution < -0.4 is 11.5 Å². The van der Waals surface area contributed by atoms with Crippen LogP contribution in [0.3, 0.4) is 0 Å². The third-order valence-corrected chi connectivity index (χ3v) is 5.66. The predicted molar refractivity (Wildman–Crippen MR) is 121 cm³/mol. The Morgan fingerprint density at radius 3 is 2.29 bits per heavy atom. The van der Waals surface area contributed by atoms with Gasteiger partial charge in [0.1, 0.15) is 17.2 Å². The lowest BCUT2D eigenvalue weighted by atomic mass is 10.1. The minimum atomic E-state index is -0.550. The first kappa shape index (κ1) is 23.1. The SMILES string of the molecule is CCN1CCc2c(N)n[nH]c2C1.CCN1CCc2c(nn(C(=O)OC(C)(C)C)c2N)C1. The van der Waals surface area contributed by atoms with Crippen molar-refractivity contribution in [1.29, 1.82) is 0 Å². The molecule has 5 N–H and O–H groups in total. The number of likely N-dealkylation sites (N-methyl/N-ethyl adjacent to an activating group) is 2. The zero-order valence-electron chi connectivity index (χ0n) is 19.4. The molecule has 2 aromatic rings. The van der Waals surface area contributed by atoms with Gasteiger partial charge >= 0.3 is 6.09 Å². The first-order valence-electron chi connectivity index (χ1n) is 11.0. The monoisotopic (exact) mass is 432 g/mol. The Balaban J connectivity index is 0.000000194. The van der Waals surface area contributed by atoms with Crippen LogP contribution in [0.25, 0.3) is 0 Å². The summed E-state index contributed by atoms with van der Waals surface area (Å²) >= 11 is 0. The van der Waals surface area contributed by atoms with Gasteiger partial charge in [0.05, 0.1) is 11.4 Å². The molecule has 0 fully saturated rings. The Morgan fingerprint density at radius 2 is 1.68 bits per heavy atom. The van der Waals surface area contributed by atoms with E-state index in [1.807, 2.05) is 20.8 Å². The van der Waals surface area contributed by atoms with Crippen LogP contribution in [0.4, 0.5) is 16.4 Å². The number of aromatic amines is 1. The molecule has 0 atom stereocenters. The van der Waals surface area contributed by atoms with Crippen molar-refractivity contribution >= 4 is 17.7 Å². The highest BCUT2D eigenvalue weighted by atomic mass is 16.6. The zero-order chi connectivity index (χ0) is 22.8.